The van der Waals surface area contributed by atoms with E-state index in [1.165, 1.54) is 82.1 Å². The molecule has 0 aromatic heterocycles. The number of fused-ring (bicyclic) bond motifs is 1. The SMILES string of the molecule is CC1CN(CC2CCCCCCC2)CCC1c1ccc2c(c1)CC(=O)N2. The summed E-state index contributed by atoms with van der Waals surface area (Å²) in [5, 5.41) is 2.95. The lowest BCUT2D eigenvalue weighted by Crippen LogP contribution is -2.41. The number of likely N-dealkylation sites (tertiary alicyclic amines) is 1. The minimum Gasteiger partial charge on any atom is -0.326 e. The summed E-state index contributed by atoms with van der Waals surface area (Å²) in [6.07, 6.45) is 11.9. The van der Waals surface area contributed by atoms with Gasteiger partial charge in [0.2, 0.25) is 5.91 Å². The van der Waals surface area contributed by atoms with Crippen LogP contribution >= 0.6 is 0 Å². The quantitative estimate of drug-likeness (QED) is 0.831. The Labute approximate surface area is 158 Å². The zero-order chi connectivity index (χ0) is 17.9. The number of nitrogens with zero attached hydrogens (tertiary/aromatic N) is 1. The van der Waals surface area contributed by atoms with E-state index in [1.54, 1.807) is 0 Å². The molecule has 1 amide bonds. The summed E-state index contributed by atoms with van der Waals surface area (Å²) in [6.45, 7) is 6.21. The number of rotatable bonds is 3. The van der Waals surface area contributed by atoms with Gasteiger partial charge < -0.3 is 10.2 Å². The van der Waals surface area contributed by atoms with Gasteiger partial charge in [0.15, 0.2) is 0 Å². The molecule has 1 saturated carbocycles. The van der Waals surface area contributed by atoms with Crippen molar-refractivity contribution in [2.24, 2.45) is 11.8 Å². The predicted octanol–water partition coefficient (Wildman–Crippen LogP) is 4.97. The van der Waals surface area contributed by atoms with Crippen LogP contribution in [0.3, 0.4) is 0 Å². The zero-order valence-corrected chi connectivity index (χ0v) is 16.3. The van der Waals surface area contributed by atoms with Crippen LogP contribution in [0.4, 0.5) is 5.69 Å². The van der Waals surface area contributed by atoms with E-state index < -0.39 is 0 Å². The summed E-state index contributed by atoms with van der Waals surface area (Å²) in [7, 11) is 0. The van der Waals surface area contributed by atoms with E-state index in [-0.39, 0.29) is 5.91 Å². The third-order valence-electron chi connectivity index (χ3n) is 6.91. The van der Waals surface area contributed by atoms with Gasteiger partial charge in [0.25, 0.3) is 0 Å². The van der Waals surface area contributed by atoms with Crippen LogP contribution < -0.4 is 5.32 Å². The van der Waals surface area contributed by atoms with E-state index in [2.05, 4.69) is 35.3 Å². The number of carbonyl (C=O) groups excluding carboxylic acids is 1. The van der Waals surface area contributed by atoms with Crippen LogP contribution in [0.25, 0.3) is 0 Å². The summed E-state index contributed by atoms with van der Waals surface area (Å²) in [5.74, 6) is 2.40. The summed E-state index contributed by atoms with van der Waals surface area (Å²) in [4.78, 5) is 14.4. The number of hydrogen-bond donors (Lipinski definition) is 1. The minimum absolute atomic E-state index is 0.138. The van der Waals surface area contributed by atoms with Gasteiger partial charge in [0.05, 0.1) is 6.42 Å². The first-order valence-electron chi connectivity index (χ1n) is 10.8. The monoisotopic (exact) mass is 354 g/mol. The van der Waals surface area contributed by atoms with Gasteiger partial charge in [-0.25, -0.2) is 0 Å². The lowest BCUT2D eigenvalue weighted by Gasteiger charge is -2.39. The van der Waals surface area contributed by atoms with Crippen molar-refractivity contribution < 1.29 is 4.79 Å². The number of amides is 1. The van der Waals surface area contributed by atoms with Gasteiger partial charge >= 0.3 is 0 Å². The van der Waals surface area contributed by atoms with E-state index in [4.69, 9.17) is 0 Å². The highest BCUT2D eigenvalue weighted by Crippen LogP contribution is 2.36. The third-order valence-corrected chi connectivity index (χ3v) is 6.91. The van der Waals surface area contributed by atoms with Crippen LogP contribution in [0.1, 0.15) is 75.3 Å². The number of anilines is 1. The highest BCUT2D eigenvalue weighted by molar-refractivity contribution is 5.99. The van der Waals surface area contributed by atoms with Crippen molar-refractivity contribution in [3.8, 4) is 0 Å². The fraction of sp³-hybridized carbons (Fsp3) is 0.696. The van der Waals surface area contributed by atoms with E-state index in [0.717, 1.165) is 11.6 Å². The maximum absolute atomic E-state index is 11.6. The maximum Gasteiger partial charge on any atom is 0.228 e. The molecule has 0 radical (unpaired) electrons. The number of hydrogen-bond acceptors (Lipinski definition) is 2. The molecule has 2 heterocycles. The van der Waals surface area contributed by atoms with Gasteiger partial charge in [-0.15, -0.1) is 0 Å². The Morgan fingerprint density at radius 1 is 1.08 bits per heavy atom. The molecular formula is C23H34N2O. The molecule has 0 spiro atoms. The van der Waals surface area contributed by atoms with Gasteiger partial charge in [0.1, 0.15) is 0 Å². The average molecular weight is 355 g/mol. The Morgan fingerprint density at radius 3 is 2.62 bits per heavy atom. The average Bonchev–Trinajstić information content (AvgIpc) is 2.96. The van der Waals surface area contributed by atoms with Crippen molar-refractivity contribution in [3.05, 3.63) is 29.3 Å². The van der Waals surface area contributed by atoms with Gasteiger partial charge in [-0.2, -0.15) is 0 Å². The molecule has 2 unspecified atom stereocenters. The predicted molar refractivity (Wildman–Crippen MR) is 108 cm³/mol. The summed E-state index contributed by atoms with van der Waals surface area (Å²) < 4.78 is 0. The van der Waals surface area contributed by atoms with E-state index >= 15 is 0 Å². The fourth-order valence-corrected chi connectivity index (χ4v) is 5.46. The highest BCUT2D eigenvalue weighted by Gasteiger charge is 2.29. The van der Waals surface area contributed by atoms with Gasteiger partial charge in [0, 0.05) is 18.8 Å². The first-order valence-corrected chi connectivity index (χ1v) is 10.8. The van der Waals surface area contributed by atoms with Gasteiger partial charge in [-0.05, 0) is 60.8 Å². The molecule has 0 bridgehead atoms. The summed E-state index contributed by atoms with van der Waals surface area (Å²) >= 11 is 0. The summed E-state index contributed by atoms with van der Waals surface area (Å²) in [5.41, 5.74) is 3.66. The first-order chi connectivity index (χ1) is 12.7. The number of carbonyl (C=O) groups is 1. The third kappa shape index (κ3) is 4.14. The van der Waals surface area contributed by atoms with Crippen LogP contribution in [0.2, 0.25) is 0 Å². The van der Waals surface area contributed by atoms with Crippen molar-refractivity contribution >= 4 is 11.6 Å². The topological polar surface area (TPSA) is 32.3 Å². The molecule has 1 saturated heterocycles. The minimum atomic E-state index is 0.138. The van der Waals surface area contributed by atoms with Crippen molar-refractivity contribution in [1.29, 1.82) is 0 Å². The van der Waals surface area contributed by atoms with Crippen molar-refractivity contribution in [2.75, 3.05) is 25.0 Å². The second-order valence-electron chi connectivity index (χ2n) is 8.98. The number of piperidine rings is 1. The van der Waals surface area contributed by atoms with Crippen LogP contribution in [0.15, 0.2) is 18.2 Å². The molecular weight excluding hydrogens is 320 g/mol. The largest absolute Gasteiger partial charge is 0.326 e. The molecule has 2 fully saturated rings. The highest BCUT2D eigenvalue weighted by atomic mass is 16.1. The molecule has 2 aliphatic heterocycles. The Morgan fingerprint density at radius 2 is 1.85 bits per heavy atom. The lowest BCUT2D eigenvalue weighted by atomic mass is 9.80. The first kappa shape index (κ1) is 18.0. The molecule has 4 rings (SSSR count). The van der Waals surface area contributed by atoms with Crippen LogP contribution in [-0.4, -0.2) is 30.4 Å². The smallest absolute Gasteiger partial charge is 0.228 e. The molecule has 3 aliphatic rings. The van der Waals surface area contributed by atoms with Crippen molar-refractivity contribution in [2.45, 2.75) is 70.6 Å². The molecule has 142 valence electrons. The van der Waals surface area contributed by atoms with E-state index in [0.29, 0.717) is 18.3 Å². The van der Waals surface area contributed by atoms with Crippen LogP contribution in [-0.2, 0) is 11.2 Å². The molecule has 1 N–H and O–H groups in total. The maximum atomic E-state index is 11.6. The Bertz CT molecular complexity index is 633. The lowest BCUT2D eigenvalue weighted by molar-refractivity contribution is -0.115. The normalized spacial score (nSPS) is 28.3. The van der Waals surface area contributed by atoms with Gasteiger partial charge in [-0.1, -0.05) is 51.2 Å². The Balaban J connectivity index is 1.35. The standard InChI is InChI=1S/C23H34N2O/c1-17-15-25(16-18-7-5-3-2-4-6-8-18)12-11-21(17)19-9-10-22-20(13-19)14-23(26)24-22/h9-10,13,17-18,21H,2-8,11-12,14-16H2,1H3,(H,24,26). The van der Waals surface area contributed by atoms with Gasteiger partial charge in [-0.3, -0.25) is 4.79 Å². The summed E-state index contributed by atoms with van der Waals surface area (Å²) in [6, 6.07) is 6.65. The number of benzene rings is 1. The Kier molecular flexibility index (Phi) is 5.63. The van der Waals surface area contributed by atoms with Crippen molar-refractivity contribution in [3.63, 3.8) is 0 Å². The zero-order valence-electron chi connectivity index (χ0n) is 16.3. The Hall–Kier alpha value is -1.35. The van der Waals surface area contributed by atoms with E-state index in [1.807, 2.05) is 0 Å². The van der Waals surface area contributed by atoms with E-state index in [9.17, 15) is 4.79 Å². The second-order valence-corrected chi connectivity index (χ2v) is 8.98. The molecule has 3 nitrogen and oxygen atoms in total. The fourth-order valence-electron chi connectivity index (χ4n) is 5.46. The van der Waals surface area contributed by atoms with Crippen LogP contribution in [0, 0.1) is 11.8 Å². The molecule has 1 aromatic rings. The van der Waals surface area contributed by atoms with Crippen molar-refractivity contribution in [1.82, 2.24) is 4.90 Å². The molecule has 2 atom stereocenters. The van der Waals surface area contributed by atoms with Crippen LogP contribution in [0.5, 0.6) is 0 Å². The molecule has 3 heteroatoms. The molecule has 1 aromatic carbocycles. The molecule has 26 heavy (non-hydrogen) atoms. The number of nitrogens with one attached hydrogen (secondary N) is 1. The molecule has 1 aliphatic carbocycles. The second kappa shape index (κ2) is 8.12.